The maximum Gasteiger partial charge on any atom is 0.410 e. The van der Waals surface area contributed by atoms with Gasteiger partial charge in [0.15, 0.2) is 0 Å². The maximum absolute atomic E-state index is 12.7. The van der Waals surface area contributed by atoms with Gasteiger partial charge in [-0.25, -0.2) is 4.79 Å². The second-order valence-corrected chi connectivity index (χ2v) is 8.16. The first-order valence-corrected chi connectivity index (χ1v) is 9.62. The quantitative estimate of drug-likeness (QED) is 0.537. The van der Waals surface area contributed by atoms with Crippen molar-refractivity contribution in [2.24, 2.45) is 5.92 Å². The molecule has 0 bridgehead atoms. The highest BCUT2D eigenvalue weighted by Gasteiger charge is 2.50. The number of nitrogens with zero attached hydrogens (tertiary/aromatic N) is 3. The Kier molecular flexibility index (Phi) is 5.62. The highest BCUT2D eigenvalue weighted by atomic mass is 16.6. The molecule has 1 aromatic heterocycles. The highest BCUT2D eigenvalue weighted by Crippen LogP contribution is 2.44. The number of ether oxygens (including phenoxy) is 3. The average molecular weight is 393 g/mol. The van der Waals surface area contributed by atoms with E-state index in [1.165, 1.54) is 12.1 Å². The zero-order valence-electron chi connectivity index (χ0n) is 16.7. The summed E-state index contributed by atoms with van der Waals surface area (Å²) in [6, 6.07) is 2.71. The van der Waals surface area contributed by atoms with Crippen LogP contribution in [-0.2, 0) is 4.74 Å². The molecular formula is C19H27N3O6. The molecule has 2 heterocycles. The molecule has 1 aliphatic heterocycles. The van der Waals surface area contributed by atoms with Crippen LogP contribution in [0.4, 0.5) is 10.5 Å². The van der Waals surface area contributed by atoms with E-state index in [2.05, 4.69) is 4.98 Å². The van der Waals surface area contributed by atoms with Crippen molar-refractivity contribution in [3.8, 4) is 11.8 Å². The van der Waals surface area contributed by atoms with Crippen molar-refractivity contribution in [3.63, 3.8) is 0 Å². The third kappa shape index (κ3) is 4.28. The lowest BCUT2D eigenvalue weighted by molar-refractivity contribution is -0.386. The van der Waals surface area contributed by atoms with E-state index in [9.17, 15) is 14.9 Å². The van der Waals surface area contributed by atoms with Gasteiger partial charge in [-0.05, 0) is 52.9 Å². The van der Waals surface area contributed by atoms with Gasteiger partial charge >= 0.3 is 11.8 Å². The smallest absolute Gasteiger partial charge is 0.410 e. The Hall–Kier alpha value is -2.58. The zero-order chi connectivity index (χ0) is 20.5. The summed E-state index contributed by atoms with van der Waals surface area (Å²) >= 11 is 0. The molecule has 1 saturated heterocycles. The van der Waals surface area contributed by atoms with Crippen molar-refractivity contribution in [3.05, 3.63) is 22.2 Å². The van der Waals surface area contributed by atoms with Gasteiger partial charge in [0.05, 0.1) is 17.6 Å². The molecule has 0 radical (unpaired) electrons. The van der Waals surface area contributed by atoms with E-state index in [-0.39, 0.29) is 42.2 Å². The molecule has 3 atom stereocenters. The molecule has 0 spiro atoms. The van der Waals surface area contributed by atoms with Gasteiger partial charge in [0.2, 0.25) is 5.88 Å². The molecule has 3 rings (SSSR count). The molecule has 1 aliphatic carbocycles. The zero-order valence-corrected chi connectivity index (χ0v) is 16.7. The Morgan fingerprint density at radius 1 is 1.32 bits per heavy atom. The van der Waals surface area contributed by atoms with E-state index in [0.717, 1.165) is 19.3 Å². The van der Waals surface area contributed by atoms with Crippen molar-refractivity contribution in [1.82, 2.24) is 9.88 Å². The van der Waals surface area contributed by atoms with Gasteiger partial charge < -0.3 is 14.2 Å². The molecule has 1 aromatic rings. The van der Waals surface area contributed by atoms with Crippen LogP contribution in [0.5, 0.6) is 11.8 Å². The molecule has 2 fully saturated rings. The minimum absolute atomic E-state index is 0.0978. The number of hydrogen-bond donors (Lipinski definition) is 0. The number of carbonyl (C=O) groups excluding carboxylic acids is 1. The molecule has 28 heavy (non-hydrogen) atoms. The predicted octanol–water partition coefficient (Wildman–Crippen LogP) is 3.56. The van der Waals surface area contributed by atoms with Crippen molar-refractivity contribution in [1.29, 1.82) is 0 Å². The van der Waals surface area contributed by atoms with Gasteiger partial charge in [0.1, 0.15) is 12.2 Å². The highest BCUT2D eigenvalue weighted by molar-refractivity contribution is 5.70. The van der Waals surface area contributed by atoms with Gasteiger partial charge in [0, 0.05) is 18.2 Å². The number of hydrogen-bond acceptors (Lipinski definition) is 7. The van der Waals surface area contributed by atoms with E-state index in [0.29, 0.717) is 12.5 Å². The first-order valence-electron chi connectivity index (χ1n) is 9.62. The van der Waals surface area contributed by atoms with E-state index in [4.69, 9.17) is 14.2 Å². The lowest BCUT2D eigenvalue weighted by Gasteiger charge is -2.38. The maximum atomic E-state index is 12.7. The molecule has 154 valence electrons. The van der Waals surface area contributed by atoms with Gasteiger partial charge in [-0.3, -0.25) is 15.0 Å². The first-order chi connectivity index (χ1) is 13.2. The first kappa shape index (κ1) is 20.2. The largest absolute Gasteiger partial charge is 0.478 e. The van der Waals surface area contributed by atoms with Crippen molar-refractivity contribution in [2.75, 3.05) is 13.2 Å². The Labute approximate surface area is 164 Å². The summed E-state index contributed by atoms with van der Waals surface area (Å²) in [5.74, 6) is 0.594. The standard InChI is InChI=1S/C19H27N3O6/c1-5-26-16-9-8-15(22(24)25)17(20-16)27-11-13-10-12-6-7-14(12)21(13)18(23)28-19(2,3)4/h8-9,12-14H,5-7,10-11H2,1-4H3/t12-,13+,14-/m0/s1. The van der Waals surface area contributed by atoms with Crippen LogP contribution in [0, 0.1) is 16.0 Å². The predicted molar refractivity (Wildman–Crippen MR) is 101 cm³/mol. The molecule has 9 nitrogen and oxygen atoms in total. The second-order valence-electron chi connectivity index (χ2n) is 8.16. The van der Waals surface area contributed by atoms with Gasteiger partial charge in [-0.2, -0.15) is 4.98 Å². The summed E-state index contributed by atoms with van der Waals surface area (Å²) < 4.78 is 16.6. The fourth-order valence-electron chi connectivity index (χ4n) is 3.74. The molecule has 0 aromatic carbocycles. The summed E-state index contributed by atoms with van der Waals surface area (Å²) in [5, 5.41) is 11.3. The summed E-state index contributed by atoms with van der Waals surface area (Å²) in [6.07, 6.45) is 2.44. The fraction of sp³-hybridized carbons (Fsp3) is 0.684. The molecular weight excluding hydrogens is 366 g/mol. The van der Waals surface area contributed by atoms with Crippen LogP contribution in [0.1, 0.15) is 47.0 Å². The summed E-state index contributed by atoms with van der Waals surface area (Å²) in [5.41, 5.74) is -0.815. The minimum atomic E-state index is -0.587. The minimum Gasteiger partial charge on any atom is -0.478 e. The number of aromatic nitrogens is 1. The summed E-state index contributed by atoms with van der Waals surface area (Å²) in [6.45, 7) is 7.81. The third-order valence-corrected chi connectivity index (χ3v) is 5.02. The molecule has 0 unspecified atom stereocenters. The van der Waals surface area contributed by atoms with E-state index in [1.54, 1.807) is 11.8 Å². The van der Waals surface area contributed by atoms with Crippen LogP contribution in [0.15, 0.2) is 12.1 Å². The Balaban J connectivity index is 1.74. The summed E-state index contributed by atoms with van der Waals surface area (Å²) in [7, 11) is 0. The lowest BCUT2D eigenvalue weighted by atomic mass is 9.80. The molecule has 9 heteroatoms. The fourth-order valence-corrected chi connectivity index (χ4v) is 3.74. The number of fused-ring (bicyclic) bond motifs is 1. The van der Waals surface area contributed by atoms with Gasteiger partial charge in [-0.15, -0.1) is 0 Å². The number of carbonyl (C=O) groups is 1. The van der Waals surface area contributed by atoms with Crippen molar-refractivity contribution >= 4 is 11.8 Å². The monoisotopic (exact) mass is 393 g/mol. The van der Waals surface area contributed by atoms with Crippen molar-refractivity contribution < 1.29 is 23.9 Å². The molecule has 2 aliphatic rings. The number of nitro groups is 1. The summed E-state index contributed by atoms with van der Waals surface area (Å²) in [4.78, 5) is 29.3. The van der Waals surface area contributed by atoms with Gasteiger partial charge in [-0.1, -0.05) is 0 Å². The third-order valence-electron chi connectivity index (χ3n) is 5.02. The number of pyridine rings is 1. The average Bonchev–Trinajstić information content (AvgIpc) is 2.82. The van der Waals surface area contributed by atoms with Crippen LogP contribution in [0.2, 0.25) is 0 Å². The normalized spacial score (nSPS) is 23.6. The SMILES string of the molecule is CCOc1ccc([N+](=O)[O-])c(OC[C@H]2C[C@@H]3CC[C@@H]3N2C(=O)OC(C)(C)C)n1. The molecule has 0 N–H and O–H groups in total. The van der Waals surface area contributed by atoms with Crippen molar-refractivity contribution in [2.45, 2.75) is 64.6 Å². The topological polar surface area (TPSA) is 104 Å². The number of likely N-dealkylation sites (tertiary alicyclic amines) is 1. The number of amides is 1. The Morgan fingerprint density at radius 3 is 2.64 bits per heavy atom. The van der Waals surface area contributed by atoms with E-state index >= 15 is 0 Å². The second kappa shape index (κ2) is 7.81. The number of rotatable bonds is 6. The van der Waals surface area contributed by atoms with Crippen LogP contribution < -0.4 is 9.47 Å². The van der Waals surface area contributed by atoms with Crippen LogP contribution in [-0.4, -0.2) is 51.8 Å². The van der Waals surface area contributed by atoms with Gasteiger partial charge in [0.25, 0.3) is 5.88 Å². The Bertz CT molecular complexity index is 748. The van der Waals surface area contributed by atoms with Crippen LogP contribution in [0.25, 0.3) is 0 Å². The van der Waals surface area contributed by atoms with E-state index < -0.39 is 10.5 Å². The van der Waals surface area contributed by atoms with Crippen LogP contribution in [0.3, 0.4) is 0 Å². The van der Waals surface area contributed by atoms with E-state index in [1.807, 2.05) is 20.8 Å². The van der Waals surface area contributed by atoms with Crippen LogP contribution >= 0.6 is 0 Å². The lowest BCUT2D eigenvalue weighted by Crippen LogP contribution is -2.49. The Morgan fingerprint density at radius 2 is 2.07 bits per heavy atom. The molecule has 1 amide bonds. The molecule has 1 saturated carbocycles.